The summed E-state index contributed by atoms with van der Waals surface area (Å²) < 4.78 is 220. The number of alkyl halides is 17. The highest BCUT2D eigenvalue weighted by atomic mass is 19.4. The van der Waals surface area contributed by atoms with Gasteiger partial charge in [0.2, 0.25) is 0 Å². The van der Waals surface area contributed by atoms with E-state index in [1.165, 1.54) is 0 Å². The van der Waals surface area contributed by atoms with Gasteiger partial charge in [0.05, 0.1) is 6.61 Å². The summed E-state index contributed by atoms with van der Waals surface area (Å²) in [7, 11) is 0. The summed E-state index contributed by atoms with van der Waals surface area (Å²) in [6, 6.07) is 0. The Morgan fingerprint density at radius 1 is 0.452 bits per heavy atom. The molecule has 0 saturated heterocycles. The lowest BCUT2D eigenvalue weighted by Crippen LogP contribution is -2.74. The van der Waals surface area contributed by atoms with E-state index >= 15 is 0 Å². The summed E-state index contributed by atoms with van der Waals surface area (Å²) >= 11 is 0. The highest BCUT2D eigenvalue weighted by molar-refractivity contribution is 5.15. The molecule has 0 atom stereocenters. The van der Waals surface area contributed by atoms with Gasteiger partial charge in [-0.25, -0.2) is 0 Å². The third-order valence-corrected chi connectivity index (χ3v) is 3.69. The van der Waals surface area contributed by atoms with Crippen LogP contribution < -0.4 is 5.32 Å². The van der Waals surface area contributed by atoms with Gasteiger partial charge in [-0.2, -0.15) is 74.6 Å². The standard InChI is InChI=1S/C12H10F17NO/c13-5(14,1-2-30-3-4-31)6(15,16)7(17,18)8(19,20)9(21,22)10(23,24)11(25,26)12(27,28)29/h30-31H,1-4H2. The minimum atomic E-state index is -8.61. The molecule has 0 saturated carbocycles. The van der Waals surface area contributed by atoms with Crippen molar-refractivity contribution < 1.29 is 79.7 Å². The Kier molecular flexibility index (Phi) is 7.92. The topological polar surface area (TPSA) is 32.3 Å². The molecule has 2 nitrogen and oxygen atoms in total. The summed E-state index contributed by atoms with van der Waals surface area (Å²) in [6.07, 6.45) is -10.3. The Morgan fingerprint density at radius 3 is 1.10 bits per heavy atom. The summed E-state index contributed by atoms with van der Waals surface area (Å²) in [5.74, 6) is -56.2. The van der Waals surface area contributed by atoms with Crippen molar-refractivity contribution in [2.45, 2.75) is 54.1 Å². The van der Waals surface area contributed by atoms with E-state index < -0.39 is 73.8 Å². The second-order valence-corrected chi connectivity index (χ2v) is 5.87. The fourth-order valence-electron chi connectivity index (χ4n) is 1.80. The maximum atomic E-state index is 13.4. The van der Waals surface area contributed by atoms with Gasteiger partial charge in [-0.15, -0.1) is 0 Å². The molecule has 0 aliphatic rings. The lowest BCUT2D eigenvalue weighted by Gasteiger charge is -2.42. The van der Waals surface area contributed by atoms with Crippen LogP contribution in [0.1, 0.15) is 6.42 Å². The van der Waals surface area contributed by atoms with E-state index in [4.69, 9.17) is 5.11 Å². The number of aliphatic hydroxyl groups is 1. The number of rotatable bonds is 11. The summed E-state index contributed by atoms with van der Waals surface area (Å²) in [4.78, 5) is 0. The largest absolute Gasteiger partial charge is 0.460 e. The van der Waals surface area contributed by atoms with Crippen molar-refractivity contribution >= 4 is 0 Å². The fraction of sp³-hybridized carbons (Fsp3) is 1.00. The Morgan fingerprint density at radius 2 is 0.774 bits per heavy atom. The normalized spacial score (nSPS) is 16.1. The quantitative estimate of drug-likeness (QED) is 0.306. The molecular weight excluding hydrogens is 497 g/mol. The Balaban J connectivity index is 6.37. The maximum Gasteiger partial charge on any atom is 0.460 e. The molecule has 188 valence electrons. The van der Waals surface area contributed by atoms with Gasteiger partial charge in [0.25, 0.3) is 0 Å². The van der Waals surface area contributed by atoms with Gasteiger partial charge in [-0.3, -0.25) is 0 Å². The van der Waals surface area contributed by atoms with Crippen LogP contribution in [0.15, 0.2) is 0 Å². The Hall–Kier alpha value is -1.27. The first kappa shape index (κ1) is 29.7. The molecule has 0 heterocycles. The van der Waals surface area contributed by atoms with Crippen molar-refractivity contribution in [1.29, 1.82) is 0 Å². The highest BCUT2D eigenvalue weighted by Crippen LogP contribution is 2.64. The predicted octanol–water partition coefficient (Wildman–Crippen LogP) is 4.97. The fourth-order valence-corrected chi connectivity index (χ4v) is 1.80. The lowest BCUT2D eigenvalue weighted by molar-refractivity contribution is -0.461. The third-order valence-electron chi connectivity index (χ3n) is 3.69. The molecule has 0 aliphatic carbocycles. The molecule has 19 heteroatoms. The number of aliphatic hydroxyl groups excluding tert-OH is 1. The zero-order valence-corrected chi connectivity index (χ0v) is 14.2. The number of hydrogen-bond donors (Lipinski definition) is 2. The van der Waals surface area contributed by atoms with E-state index in [2.05, 4.69) is 0 Å². The molecule has 0 radical (unpaired) electrons. The maximum absolute atomic E-state index is 13.4. The van der Waals surface area contributed by atoms with Gasteiger partial charge in [-0.1, -0.05) is 0 Å². The van der Waals surface area contributed by atoms with Gasteiger partial charge < -0.3 is 10.4 Å². The van der Waals surface area contributed by atoms with Crippen molar-refractivity contribution in [3.8, 4) is 0 Å². The first-order chi connectivity index (χ1) is 13.3. The minimum Gasteiger partial charge on any atom is -0.395 e. The first-order valence-electron chi connectivity index (χ1n) is 7.34. The monoisotopic (exact) mass is 507 g/mol. The smallest absolute Gasteiger partial charge is 0.395 e. The average Bonchev–Trinajstić information content (AvgIpc) is 2.56. The summed E-state index contributed by atoms with van der Waals surface area (Å²) in [6.45, 7) is -2.96. The van der Waals surface area contributed by atoms with Gasteiger partial charge in [-0.05, 0) is 0 Å². The zero-order chi connectivity index (χ0) is 25.5. The van der Waals surface area contributed by atoms with Crippen LogP contribution in [-0.2, 0) is 0 Å². The molecule has 0 aromatic carbocycles. The van der Waals surface area contributed by atoms with E-state index in [0.717, 1.165) is 0 Å². The second kappa shape index (κ2) is 8.26. The average molecular weight is 507 g/mol. The molecule has 0 amide bonds. The number of halogens is 17. The molecule has 0 unspecified atom stereocenters. The Bertz CT molecular complexity index is 611. The van der Waals surface area contributed by atoms with E-state index in [9.17, 15) is 74.6 Å². The van der Waals surface area contributed by atoms with Crippen LogP contribution in [0.25, 0.3) is 0 Å². The molecule has 0 rings (SSSR count). The van der Waals surface area contributed by atoms with E-state index in [1.54, 1.807) is 5.32 Å². The molecule has 0 aliphatic heterocycles. The van der Waals surface area contributed by atoms with Crippen molar-refractivity contribution in [3.05, 3.63) is 0 Å². The van der Waals surface area contributed by atoms with Crippen LogP contribution in [0.5, 0.6) is 0 Å². The third kappa shape index (κ3) is 4.35. The van der Waals surface area contributed by atoms with Gasteiger partial charge in [0.1, 0.15) is 0 Å². The van der Waals surface area contributed by atoms with Crippen LogP contribution in [0.2, 0.25) is 0 Å². The Labute approximate surface area is 160 Å². The molecule has 31 heavy (non-hydrogen) atoms. The van der Waals surface area contributed by atoms with Crippen LogP contribution in [0, 0.1) is 0 Å². The SMILES string of the molecule is OCCNCCC(F)(F)C(F)(F)C(F)(F)C(F)(F)C(F)(F)C(F)(F)C(F)(F)C(F)(F)F. The summed E-state index contributed by atoms with van der Waals surface area (Å²) in [5, 5.41) is 9.92. The first-order valence-corrected chi connectivity index (χ1v) is 7.34. The minimum absolute atomic E-state index is 0.648. The van der Waals surface area contributed by atoms with Crippen molar-refractivity contribution in [2.24, 2.45) is 0 Å². The molecule has 0 fully saturated rings. The molecule has 2 N–H and O–H groups in total. The van der Waals surface area contributed by atoms with Gasteiger partial charge >= 0.3 is 47.6 Å². The van der Waals surface area contributed by atoms with Crippen LogP contribution >= 0.6 is 0 Å². The number of hydrogen-bond acceptors (Lipinski definition) is 2. The molecule has 0 spiro atoms. The van der Waals surface area contributed by atoms with Crippen LogP contribution in [-0.4, -0.2) is 72.4 Å². The molecule has 0 aromatic rings. The zero-order valence-electron chi connectivity index (χ0n) is 14.2. The second-order valence-electron chi connectivity index (χ2n) is 5.87. The lowest BCUT2D eigenvalue weighted by atomic mass is 9.88. The van der Waals surface area contributed by atoms with E-state index in [1.807, 2.05) is 0 Å². The van der Waals surface area contributed by atoms with Crippen molar-refractivity contribution in [2.75, 3.05) is 19.7 Å². The molecule has 0 aromatic heterocycles. The predicted molar refractivity (Wildman–Crippen MR) is 65.3 cm³/mol. The van der Waals surface area contributed by atoms with Crippen LogP contribution in [0.3, 0.4) is 0 Å². The van der Waals surface area contributed by atoms with E-state index in [-0.39, 0.29) is 0 Å². The summed E-state index contributed by atoms with van der Waals surface area (Å²) in [5.41, 5.74) is 0. The highest BCUT2D eigenvalue weighted by Gasteiger charge is 2.95. The van der Waals surface area contributed by atoms with E-state index in [0.29, 0.717) is 0 Å². The van der Waals surface area contributed by atoms with Crippen LogP contribution in [0.4, 0.5) is 74.6 Å². The van der Waals surface area contributed by atoms with Gasteiger partial charge in [0.15, 0.2) is 0 Å². The number of nitrogens with one attached hydrogen (secondary N) is 1. The van der Waals surface area contributed by atoms with Gasteiger partial charge in [0, 0.05) is 19.5 Å². The van der Waals surface area contributed by atoms with Crippen molar-refractivity contribution in [1.82, 2.24) is 5.32 Å². The molecule has 0 bridgehead atoms. The van der Waals surface area contributed by atoms with Crippen molar-refractivity contribution in [3.63, 3.8) is 0 Å². The molecular formula is C12H10F17NO.